The second kappa shape index (κ2) is 7.06. The summed E-state index contributed by atoms with van der Waals surface area (Å²) < 4.78 is 0. The first-order chi connectivity index (χ1) is 9.40. The number of hydrazone groups is 1. The summed E-state index contributed by atoms with van der Waals surface area (Å²) in [5.74, 6) is 0. The van der Waals surface area contributed by atoms with Crippen LogP contribution in [0.3, 0.4) is 0 Å². The number of benzene rings is 2. The van der Waals surface area contributed by atoms with E-state index in [-0.39, 0.29) is 0 Å². The van der Waals surface area contributed by atoms with Gasteiger partial charge in [-0.25, -0.2) is 0 Å². The second-order valence-corrected chi connectivity index (χ2v) is 3.79. The summed E-state index contributed by atoms with van der Waals surface area (Å²) in [4.78, 5) is 0. The summed E-state index contributed by atoms with van der Waals surface area (Å²) in [6.45, 7) is 2.77. The van der Waals surface area contributed by atoms with Crippen LogP contribution in [0.2, 0.25) is 0 Å². The van der Waals surface area contributed by atoms with E-state index in [9.17, 15) is 0 Å². The minimum absolute atomic E-state index is 0.748. The van der Waals surface area contributed by atoms with Gasteiger partial charge in [0.1, 0.15) is 0 Å². The van der Waals surface area contributed by atoms with Gasteiger partial charge in [0.25, 0.3) is 0 Å². The van der Waals surface area contributed by atoms with Crippen molar-refractivity contribution in [1.29, 1.82) is 0 Å². The maximum Gasteiger partial charge on any atom is 0.242 e. The molecular formula is C15H15N4. The van der Waals surface area contributed by atoms with Crippen molar-refractivity contribution in [3.8, 4) is 0 Å². The van der Waals surface area contributed by atoms with Gasteiger partial charge in [-0.2, -0.15) is 0 Å². The second-order valence-electron chi connectivity index (χ2n) is 3.79. The third-order valence-corrected chi connectivity index (χ3v) is 2.49. The monoisotopic (exact) mass is 251 g/mol. The van der Waals surface area contributed by atoms with Crippen molar-refractivity contribution in [2.45, 2.75) is 6.92 Å². The topological polar surface area (TPSA) is 40.3 Å². The van der Waals surface area contributed by atoms with Crippen molar-refractivity contribution in [3.63, 3.8) is 0 Å². The Morgan fingerprint density at radius 3 is 2.21 bits per heavy atom. The van der Waals surface area contributed by atoms with E-state index >= 15 is 0 Å². The Kier molecular flexibility index (Phi) is 4.81. The molecule has 2 rings (SSSR count). The minimum Gasteiger partial charge on any atom is -0.264 e. The summed E-state index contributed by atoms with van der Waals surface area (Å²) in [5, 5.41) is 13.8. The van der Waals surface area contributed by atoms with E-state index in [4.69, 9.17) is 0 Å². The van der Waals surface area contributed by atoms with E-state index < -0.39 is 0 Å². The molecule has 2 aromatic carbocycles. The van der Waals surface area contributed by atoms with Gasteiger partial charge in [0.2, 0.25) is 6.34 Å². The average Bonchev–Trinajstić information content (AvgIpc) is 2.49. The molecule has 0 spiro atoms. The summed E-state index contributed by atoms with van der Waals surface area (Å²) in [6.07, 6.45) is 2.59. The largest absolute Gasteiger partial charge is 0.264 e. The standard InChI is InChI=1S/C15H15N4/c1-2-19(15-11-7-4-8-12-15)17-13-16-18-14-9-5-3-6-10-14/h3-12H,2H2,1H3. The number of hydrogen-bond donors (Lipinski definition) is 0. The average molecular weight is 251 g/mol. The van der Waals surface area contributed by atoms with Crippen LogP contribution in [0.1, 0.15) is 6.92 Å². The van der Waals surface area contributed by atoms with Gasteiger partial charge in [-0.3, -0.25) is 5.01 Å². The Hall–Kier alpha value is -2.49. The zero-order chi connectivity index (χ0) is 13.3. The highest BCUT2D eigenvalue weighted by molar-refractivity contribution is 5.58. The lowest BCUT2D eigenvalue weighted by Crippen LogP contribution is -2.14. The van der Waals surface area contributed by atoms with Crippen LogP contribution in [0.25, 0.3) is 0 Å². The molecule has 0 atom stereocenters. The Morgan fingerprint density at radius 2 is 1.58 bits per heavy atom. The Balaban J connectivity index is 1.99. The fraction of sp³-hybridized carbons (Fsp3) is 0.133. The highest BCUT2D eigenvalue weighted by atomic mass is 15.5. The smallest absolute Gasteiger partial charge is 0.242 e. The normalized spacial score (nSPS) is 11.2. The first kappa shape index (κ1) is 13.0. The molecule has 0 aliphatic heterocycles. The highest BCUT2D eigenvalue weighted by Gasteiger charge is 1.99. The fourth-order valence-corrected chi connectivity index (χ4v) is 1.56. The molecule has 0 saturated heterocycles. The van der Waals surface area contributed by atoms with E-state index in [0.29, 0.717) is 0 Å². The third-order valence-electron chi connectivity index (χ3n) is 2.49. The number of anilines is 1. The Bertz CT molecular complexity index is 535. The molecular weight excluding hydrogens is 236 g/mol. The molecule has 1 radical (unpaired) electrons. The molecule has 0 heterocycles. The zero-order valence-corrected chi connectivity index (χ0v) is 10.8. The molecule has 0 saturated carbocycles. The minimum atomic E-state index is 0.748. The van der Waals surface area contributed by atoms with Crippen molar-refractivity contribution in [1.82, 2.24) is 0 Å². The molecule has 0 fully saturated rings. The molecule has 0 aliphatic carbocycles. The predicted molar refractivity (Wildman–Crippen MR) is 77.9 cm³/mol. The van der Waals surface area contributed by atoms with Crippen LogP contribution in [0.4, 0.5) is 11.4 Å². The van der Waals surface area contributed by atoms with Crippen LogP contribution in [0, 0.1) is 0 Å². The number of hydrogen-bond acceptors (Lipinski definition) is 3. The summed E-state index contributed by atoms with van der Waals surface area (Å²) >= 11 is 0. The molecule has 4 heteroatoms. The summed E-state index contributed by atoms with van der Waals surface area (Å²) in [5.41, 5.74) is 1.79. The highest BCUT2D eigenvalue weighted by Crippen LogP contribution is 2.13. The van der Waals surface area contributed by atoms with Crippen molar-refractivity contribution >= 4 is 17.7 Å². The van der Waals surface area contributed by atoms with Crippen molar-refractivity contribution in [3.05, 3.63) is 60.7 Å². The van der Waals surface area contributed by atoms with Crippen LogP contribution in [-0.4, -0.2) is 12.9 Å². The van der Waals surface area contributed by atoms with Crippen molar-refractivity contribution < 1.29 is 0 Å². The van der Waals surface area contributed by atoms with Gasteiger partial charge in [-0.15, -0.1) is 15.3 Å². The number of nitrogens with zero attached hydrogens (tertiary/aromatic N) is 4. The van der Waals surface area contributed by atoms with Gasteiger partial charge >= 0.3 is 0 Å². The lowest BCUT2D eigenvalue weighted by atomic mass is 10.3. The SMILES string of the molecule is CCN(N=[C]N=Nc1ccccc1)c1ccccc1. The van der Waals surface area contributed by atoms with Gasteiger partial charge in [0.15, 0.2) is 0 Å². The quantitative estimate of drug-likeness (QED) is 0.341. The molecule has 0 bridgehead atoms. The lowest BCUT2D eigenvalue weighted by Gasteiger charge is -2.15. The van der Waals surface area contributed by atoms with E-state index in [2.05, 4.69) is 21.7 Å². The molecule has 0 amide bonds. The maximum absolute atomic E-state index is 4.15. The predicted octanol–water partition coefficient (Wildman–Crippen LogP) is 4.12. The van der Waals surface area contributed by atoms with Crippen LogP contribution < -0.4 is 5.01 Å². The van der Waals surface area contributed by atoms with Gasteiger partial charge in [-0.1, -0.05) is 36.4 Å². The lowest BCUT2D eigenvalue weighted by molar-refractivity contribution is 0.894. The van der Waals surface area contributed by atoms with Gasteiger partial charge in [0.05, 0.1) is 11.4 Å². The van der Waals surface area contributed by atoms with E-state index in [1.54, 1.807) is 0 Å². The van der Waals surface area contributed by atoms with E-state index in [1.165, 1.54) is 0 Å². The Labute approximate surface area is 113 Å². The van der Waals surface area contributed by atoms with Gasteiger partial charge in [0, 0.05) is 6.54 Å². The third kappa shape index (κ3) is 4.03. The number of azo groups is 1. The van der Waals surface area contributed by atoms with Crippen molar-refractivity contribution in [2.75, 3.05) is 11.6 Å². The van der Waals surface area contributed by atoms with Crippen LogP contribution in [-0.2, 0) is 0 Å². The molecule has 0 aliphatic rings. The zero-order valence-electron chi connectivity index (χ0n) is 10.8. The van der Waals surface area contributed by atoms with Crippen LogP contribution in [0.15, 0.2) is 76.0 Å². The summed E-state index contributed by atoms with van der Waals surface area (Å²) in [7, 11) is 0. The van der Waals surface area contributed by atoms with Gasteiger partial charge in [-0.05, 0) is 31.2 Å². The first-order valence-electron chi connectivity index (χ1n) is 6.14. The van der Waals surface area contributed by atoms with E-state index in [1.807, 2.05) is 72.6 Å². The number of para-hydroxylation sites is 1. The molecule has 0 N–H and O–H groups in total. The Morgan fingerprint density at radius 1 is 0.947 bits per heavy atom. The molecule has 0 unspecified atom stereocenters. The van der Waals surface area contributed by atoms with Gasteiger partial charge < -0.3 is 0 Å². The molecule has 2 aromatic rings. The van der Waals surface area contributed by atoms with E-state index in [0.717, 1.165) is 17.9 Å². The molecule has 19 heavy (non-hydrogen) atoms. The molecule has 4 nitrogen and oxygen atoms in total. The first-order valence-corrected chi connectivity index (χ1v) is 6.14. The fourth-order valence-electron chi connectivity index (χ4n) is 1.56. The molecule has 95 valence electrons. The maximum atomic E-state index is 4.15. The van der Waals surface area contributed by atoms with Crippen LogP contribution in [0.5, 0.6) is 0 Å². The molecule has 0 aromatic heterocycles. The summed E-state index contributed by atoms with van der Waals surface area (Å²) in [6, 6.07) is 19.4. The van der Waals surface area contributed by atoms with Crippen molar-refractivity contribution in [2.24, 2.45) is 15.3 Å². The van der Waals surface area contributed by atoms with Crippen LogP contribution >= 0.6 is 0 Å². The number of rotatable bonds is 5.